The van der Waals surface area contributed by atoms with E-state index in [0.29, 0.717) is 6.54 Å². The van der Waals surface area contributed by atoms with E-state index in [-0.39, 0.29) is 18.0 Å². The van der Waals surface area contributed by atoms with E-state index < -0.39 is 0 Å². The Labute approximate surface area is 86.2 Å². The third kappa shape index (κ3) is 5.19. The summed E-state index contributed by atoms with van der Waals surface area (Å²) in [7, 11) is 5.06. The number of hydrogen-bond acceptors (Lipinski definition) is 4. The predicted octanol–water partition coefficient (Wildman–Crippen LogP) is 0.762. The van der Waals surface area contributed by atoms with Crippen LogP contribution >= 0.6 is 0 Å². The minimum absolute atomic E-state index is 0.0888. The van der Waals surface area contributed by atoms with Crippen LogP contribution in [0.2, 0.25) is 0 Å². The van der Waals surface area contributed by atoms with Crippen molar-refractivity contribution < 1.29 is 14.3 Å². The van der Waals surface area contributed by atoms with Crippen molar-refractivity contribution in [3.63, 3.8) is 0 Å². The van der Waals surface area contributed by atoms with Crippen molar-refractivity contribution in [2.45, 2.75) is 20.0 Å². The SMILES string of the molecule is COC(=O)C(C)CN(C)CC(C)OC. The summed E-state index contributed by atoms with van der Waals surface area (Å²) < 4.78 is 9.78. The molecule has 0 aliphatic rings. The second kappa shape index (κ2) is 6.79. The number of likely N-dealkylation sites (N-methyl/N-ethyl adjacent to an activating group) is 1. The molecule has 0 N–H and O–H groups in total. The third-order valence-corrected chi connectivity index (χ3v) is 2.16. The maximum Gasteiger partial charge on any atom is 0.309 e. The Balaban J connectivity index is 3.81. The molecule has 84 valence electrons. The molecule has 2 unspecified atom stereocenters. The van der Waals surface area contributed by atoms with E-state index in [9.17, 15) is 4.79 Å². The molecule has 4 heteroatoms. The average molecular weight is 203 g/mol. The van der Waals surface area contributed by atoms with Gasteiger partial charge >= 0.3 is 5.97 Å². The Morgan fingerprint density at radius 1 is 1.29 bits per heavy atom. The minimum atomic E-state index is -0.165. The molecular weight excluding hydrogens is 182 g/mol. The molecule has 0 aromatic rings. The molecule has 0 amide bonds. The maximum atomic E-state index is 11.1. The number of rotatable bonds is 6. The van der Waals surface area contributed by atoms with E-state index in [1.165, 1.54) is 7.11 Å². The smallest absolute Gasteiger partial charge is 0.309 e. The van der Waals surface area contributed by atoms with E-state index in [2.05, 4.69) is 9.64 Å². The highest BCUT2D eigenvalue weighted by molar-refractivity contribution is 5.71. The molecule has 0 bridgehead atoms. The van der Waals surface area contributed by atoms with E-state index in [1.807, 2.05) is 20.9 Å². The lowest BCUT2D eigenvalue weighted by molar-refractivity contribution is -0.145. The fourth-order valence-corrected chi connectivity index (χ4v) is 1.33. The van der Waals surface area contributed by atoms with E-state index >= 15 is 0 Å². The summed E-state index contributed by atoms with van der Waals surface area (Å²) in [5.41, 5.74) is 0. The van der Waals surface area contributed by atoms with E-state index in [1.54, 1.807) is 7.11 Å². The molecule has 14 heavy (non-hydrogen) atoms. The molecule has 0 saturated carbocycles. The molecule has 0 aromatic heterocycles. The van der Waals surface area contributed by atoms with Crippen molar-refractivity contribution in [1.29, 1.82) is 0 Å². The fraction of sp³-hybridized carbons (Fsp3) is 0.900. The third-order valence-electron chi connectivity index (χ3n) is 2.16. The topological polar surface area (TPSA) is 38.8 Å². The van der Waals surface area contributed by atoms with Gasteiger partial charge in [-0.3, -0.25) is 4.79 Å². The number of carbonyl (C=O) groups excluding carboxylic acids is 1. The van der Waals surface area contributed by atoms with Gasteiger partial charge in [-0.1, -0.05) is 6.92 Å². The van der Waals surface area contributed by atoms with Crippen LogP contribution in [-0.2, 0) is 14.3 Å². The largest absolute Gasteiger partial charge is 0.469 e. The Hall–Kier alpha value is -0.610. The molecule has 0 spiro atoms. The summed E-state index contributed by atoms with van der Waals surface area (Å²) in [6, 6.07) is 0. The number of hydrogen-bond donors (Lipinski definition) is 0. The molecule has 0 aliphatic carbocycles. The quantitative estimate of drug-likeness (QED) is 0.597. The molecule has 0 saturated heterocycles. The molecule has 0 fully saturated rings. The van der Waals surface area contributed by atoms with Gasteiger partial charge in [0.05, 0.1) is 19.1 Å². The summed E-state index contributed by atoms with van der Waals surface area (Å²) in [5, 5.41) is 0. The van der Waals surface area contributed by atoms with Crippen LogP contribution in [0.15, 0.2) is 0 Å². The Kier molecular flexibility index (Phi) is 6.49. The highest BCUT2D eigenvalue weighted by atomic mass is 16.5. The predicted molar refractivity (Wildman–Crippen MR) is 55.1 cm³/mol. The van der Waals surface area contributed by atoms with Gasteiger partial charge < -0.3 is 14.4 Å². The molecule has 0 rings (SSSR count). The van der Waals surface area contributed by atoms with Crippen LogP contribution in [0.5, 0.6) is 0 Å². The van der Waals surface area contributed by atoms with Gasteiger partial charge in [-0.15, -0.1) is 0 Å². The Morgan fingerprint density at radius 3 is 2.29 bits per heavy atom. The molecule has 0 aliphatic heterocycles. The number of carbonyl (C=O) groups is 1. The van der Waals surface area contributed by atoms with Crippen LogP contribution in [0, 0.1) is 5.92 Å². The molecule has 4 nitrogen and oxygen atoms in total. The van der Waals surface area contributed by atoms with Crippen molar-refractivity contribution in [2.75, 3.05) is 34.4 Å². The second-order valence-corrected chi connectivity index (χ2v) is 3.69. The molecule has 0 heterocycles. The van der Waals surface area contributed by atoms with Crippen molar-refractivity contribution in [1.82, 2.24) is 4.90 Å². The van der Waals surface area contributed by atoms with Gasteiger partial charge in [0, 0.05) is 20.2 Å². The van der Waals surface area contributed by atoms with Gasteiger partial charge in [-0.05, 0) is 14.0 Å². The van der Waals surface area contributed by atoms with Crippen LogP contribution < -0.4 is 0 Å². The minimum Gasteiger partial charge on any atom is -0.469 e. The van der Waals surface area contributed by atoms with Gasteiger partial charge in [0.25, 0.3) is 0 Å². The van der Waals surface area contributed by atoms with Gasteiger partial charge in [0.1, 0.15) is 0 Å². The monoisotopic (exact) mass is 203 g/mol. The van der Waals surface area contributed by atoms with Crippen LogP contribution in [-0.4, -0.2) is 51.3 Å². The maximum absolute atomic E-state index is 11.1. The zero-order valence-corrected chi connectivity index (χ0v) is 9.74. The first-order valence-electron chi connectivity index (χ1n) is 4.80. The van der Waals surface area contributed by atoms with Crippen molar-refractivity contribution >= 4 is 5.97 Å². The van der Waals surface area contributed by atoms with Gasteiger partial charge in [-0.25, -0.2) is 0 Å². The zero-order valence-electron chi connectivity index (χ0n) is 9.74. The molecular formula is C10H21NO3. The van der Waals surface area contributed by atoms with Crippen LogP contribution in [0.1, 0.15) is 13.8 Å². The Morgan fingerprint density at radius 2 is 1.86 bits per heavy atom. The second-order valence-electron chi connectivity index (χ2n) is 3.69. The number of ether oxygens (including phenoxy) is 2. The summed E-state index contributed by atoms with van der Waals surface area (Å²) in [6.07, 6.45) is 0.185. The van der Waals surface area contributed by atoms with Crippen molar-refractivity contribution in [2.24, 2.45) is 5.92 Å². The van der Waals surface area contributed by atoms with Crippen LogP contribution in [0.4, 0.5) is 0 Å². The first-order chi connectivity index (χ1) is 6.51. The first kappa shape index (κ1) is 13.4. The van der Waals surface area contributed by atoms with E-state index in [0.717, 1.165) is 6.54 Å². The number of nitrogens with zero attached hydrogens (tertiary/aromatic N) is 1. The van der Waals surface area contributed by atoms with Crippen molar-refractivity contribution in [3.8, 4) is 0 Å². The van der Waals surface area contributed by atoms with Gasteiger partial charge in [-0.2, -0.15) is 0 Å². The van der Waals surface area contributed by atoms with Crippen molar-refractivity contribution in [3.05, 3.63) is 0 Å². The summed E-state index contributed by atoms with van der Waals surface area (Å²) in [5.74, 6) is -0.254. The van der Waals surface area contributed by atoms with Crippen LogP contribution in [0.3, 0.4) is 0 Å². The summed E-state index contributed by atoms with van der Waals surface area (Å²) >= 11 is 0. The molecule has 0 radical (unpaired) electrons. The molecule has 0 aromatic carbocycles. The average Bonchev–Trinajstić information content (AvgIpc) is 2.15. The highest BCUT2D eigenvalue weighted by Gasteiger charge is 2.16. The fourth-order valence-electron chi connectivity index (χ4n) is 1.33. The number of methoxy groups -OCH3 is 2. The lowest BCUT2D eigenvalue weighted by Gasteiger charge is -2.22. The van der Waals surface area contributed by atoms with Gasteiger partial charge in [0.15, 0.2) is 0 Å². The standard InChI is InChI=1S/C10H21NO3/c1-8(10(12)14-5)6-11(3)7-9(2)13-4/h8-9H,6-7H2,1-5H3. The number of esters is 1. The van der Waals surface area contributed by atoms with Crippen LogP contribution in [0.25, 0.3) is 0 Å². The molecule has 2 atom stereocenters. The zero-order chi connectivity index (χ0) is 11.1. The highest BCUT2D eigenvalue weighted by Crippen LogP contribution is 2.02. The Bertz CT molecular complexity index is 173. The van der Waals surface area contributed by atoms with Gasteiger partial charge in [0.2, 0.25) is 0 Å². The summed E-state index contributed by atoms with van der Waals surface area (Å²) in [4.78, 5) is 13.2. The normalized spacial score (nSPS) is 15.3. The summed E-state index contributed by atoms with van der Waals surface area (Å²) in [6.45, 7) is 5.37. The van der Waals surface area contributed by atoms with E-state index in [4.69, 9.17) is 4.74 Å². The lowest BCUT2D eigenvalue weighted by Crippen LogP contribution is -2.34. The lowest BCUT2D eigenvalue weighted by atomic mass is 10.1. The first-order valence-corrected chi connectivity index (χ1v) is 4.80.